The molecule has 0 saturated carbocycles. The maximum absolute atomic E-state index is 9.51. The Hall–Kier alpha value is -0.380. The molecule has 1 saturated heterocycles. The number of nitrogens with one attached hydrogen (secondary N) is 1. The first-order valence-corrected chi connectivity index (χ1v) is 5.05. The number of rotatable bonds is 2. The molecular formula is C10H17NO2. The first kappa shape index (κ1) is 9.19. The van der Waals surface area contributed by atoms with E-state index in [2.05, 4.69) is 17.5 Å². The lowest BCUT2D eigenvalue weighted by Crippen LogP contribution is -2.44. The Morgan fingerprint density at radius 1 is 1.38 bits per heavy atom. The van der Waals surface area contributed by atoms with Crippen molar-refractivity contribution in [3.8, 4) is 0 Å². The minimum absolute atomic E-state index is 0.132. The van der Waals surface area contributed by atoms with Gasteiger partial charge in [-0.25, -0.2) is 0 Å². The first-order chi connectivity index (χ1) is 6.36. The van der Waals surface area contributed by atoms with Gasteiger partial charge in [0.05, 0.1) is 25.4 Å². The van der Waals surface area contributed by atoms with Gasteiger partial charge < -0.3 is 15.2 Å². The largest absolute Gasteiger partial charge is 0.389 e. The van der Waals surface area contributed by atoms with Crippen molar-refractivity contribution >= 4 is 0 Å². The van der Waals surface area contributed by atoms with E-state index < -0.39 is 0 Å². The maximum atomic E-state index is 9.51. The van der Waals surface area contributed by atoms with Crippen molar-refractivity contribution in [1.82, 2.24) is 5.32 Å². The normalized spacial score (nSPS) is 39.6. The van der Waals surface area contributed by atoms with Gasteiger partial charge in [0.15, 0.2) is 0 Å². The summed E-state index contributed by atoms with van der Waals surface area (Å²) in [4.78, 5) is 0. The van der Waals surface area contributed by atoms with Gasteiger partial charge in [-0.1, -0.05) is 12.2 Å². The van der Waals surface area contributed by atoms with E-state index in [1.54, 1.807) is 0 Å². The van der Waals surface area contributed by atoms with Crippen LogP contribution >= 0.6 is 0 Å². The summed E-state index contributed by atoms with van der Waals surface area (Å²) >= 11 is 0. The Morgan fingerprint density at radius 3 is 2.92 bits per heavy atom. The van der Waals surface area contributed by atoms with E-state index in [1.807, 2.05) is 0 Å². The molecule has 0 spiro atoms. The van der Waals surface area contributed by atoms with Gasteiger partial charge in [0.2, 0.25) is 0 Å². The van der Waals surface area contributed by atoms with Gasteiger partial charge >= 0.3 is 0 Å². The topological polar surface area (TPSA) is 41.5 Å². The number of aliphatic hydroxyl groups is 1. The highest BCUT2D eigenvalue weighted by atomic mass is 16.5. The van der Waals surface area contributed by atoms with Crippen LogP contribution in [0, 0.1) is 0 Å². The molecular weight excluding hydrogens is 166 g/mol. The van der Waals surface area contributed by atoms with Crippen LogP contribution in [0.3, 0.4) is 0 Å². The third kappa shape index (κ3) is 2.30. The molecule has 0 amide bonds. The SMILES string of the molecule is O[C@@H]1COC[C@H]1NC1C=CCCC1. The molecule has 1 heterocycles. The Kier molecular flexibility index (Phi) is 2.98. The lowest BCUT2D eigenvalue weighted by Gasteiger charge is -2.23. The summed E-state index contributed by atoms with van der Waals surface area (Å²) in [7, 11) is 0. The fourth-order valence-corrected chi connectivity index (χ4v) is 1.93. The van der Waals surface area contributed by atoms with E-state index in [0.717, 1.165) is 0 Å². The van der Waals surface area contributed by atoms with Crippen molar-refractivity contribution in [2.75, 3.05) is 13.2 Å². The molecule has 1 unspecified atom stereocenters. The zero-order valence-corrected chi connectivity index (χ0v) is 7.78. The van der Waals surface area contributed by atoms with E-state index >= 15 is 0 Å². The van der Waals surface area contributed by atoms with Crippen molar-refractivity contribution < 1.29 is 9.84 Å². The van der Waals surface area contributed by atoms with Gasteiger partial charge in [-0.05, 0) is 19.3 Å². The molecule has 74 valence electrons. The van der Waals surface area contributed by atoms with Crippen LogP contribution in [0.4, 0.5) is 0 Å². The molecule has 3 atom stereocenters. The summed E-state index contributed by atoms with van der Waals surface area (Å²) in [6, 6.07) is 0.572. The van der Waals surface area contributed by atoms with Crippen LogP contribution in [0.15, 0.2) is 12.2 Å². The lowest BCUT2D eigenvalue weighted by atomic mass is 10.0. The van der Waals surface area contributed by atoms with Crippen LogP contribution in [0.2, 0.25) is 0 Å². The highest BCUT2D eigenvalue weighted by Gasteiger charge is 2.27. The number of ether oxygens (including phenoxy) is 1. The van der Waals surface area contributed by atoms with Gasteiger partial charge in [0.1, 0.15) is 0 Å². The van der Waals surface area contributed by atoms with Gasteiger partial charge in [0.25, 0.3) is 0 Å². The zero-order chi connectivity index (χ0) is 9.10. The minimum atomic E-state index is -0.324. The second-order valence-electron chi connectivity index (χ2n) is 3.84. The quantitative estimate of drug-likeness (QED) is 0.611. The molecule has 0 aromatic carbocycles. The predicted molar refractivity (Wildman–Crippen MR) is 50.5 cm³/mol. The van der Waals surface area contributed by atoms with Crippen molar-refractivity contribution in [2.45, 2.75) is 37.5 Å². The first-order valence-electron chi connectivity index (χ1n) is 5.05. The van der Waals surface area contributed by atoms with E-state index in [4.69, 9.17) is 4.74 Å². The maximum Gasteiger partial charge on any atom is 0.0948 e. The Labute approximate surface area is 78.8 Å². The van der Waals surface area contributed by atoms with Crippen LogP contribution in [-0.4, -0.2) is 36.5 Å². The lowest BCUT2D eigenvalue weighted by molar-refractivity contribution is 0.121. The second-order valence-corrected chi connectivity index (χ2v) is 3.84. The number of hydrogen-bond donors (Lipinski definition) is 2. The van der Waals surface area contributed by atoms with Gasteiger partial charge in [-0.3, -0.25) is 0 Å². The third-order valence-corrected chi connectivity index (χ3v) is 2.73. The summed E-state index contributed by atoms with van der Waals surface area (Å²) in [5.41, 5.74) is 0. The molecule has 0 aromatic heterocycles. The number of hydrogen-bond acceptors (Lipinski definition) is 3. The van der Waals surface area contributed by atoms with Gasteiger partial charge in [-0.2, -0.15) is 0 Å². The third-order valence-electron chi connectivity index (χ3n) is 2.73. The standard InChI is InChI=1S/C10H17NO2/c12-10-7-13-6-9(10)11-8-4-2-1-3-5-8/h2,4,8-12H,1,3,5-7H2/t8?,9-,10-/m1/s1. The minimum Gasteiger partial charge on any atom is -0.389 e. The fourth-order valence-electron chi connectivity index (χ4n) is 1.93. The molecule has 1 aliphatic carbocycles. The van der Waals surface area contributed by atoms with Gasteiger partial charge in [0, 0.05) is 6.04 Å². The van der Waals surface area contributed by atoms with Crippen molar-refractivity contribution in [2.24, 2.45) is 0 Å². The highest BCUT2D eigenvalue weighted by Crippen LogP contribution is 2.13. The molecule has 0 bridgehead atoms. The summed E-state index contributed by atoms with van der Waals surface area (Å²) < 4.78 is 5.17. The molecule has 0 radical (unpaired) electrons. The van der Waals surface area contributed by atoms with Crippen molar-refractivity contribution in [1.29, 1.82) is 0 Å². The van der Waals surface area contributed by atoms with Crippen LogP contribution in [0.1, 0.15) is 19.3 Å². The summed E-state index contributed by atoms with van der Waals surface area (Å²) in [5.74, 6) is 0. The van der Waals surface area contributed by atoms with Gasteiger partial charge in [-0.15, -0.1) is 0 Å². The summed E-state index contributed by atoms with van der Waals surface area (Å²) in [6.45, 7) is 1.12. The van der Waals surface area contributed by atoms with Crippen LogP contribution < -0.4 is 5.32 Å². The fraction of sp³-hybridized carbons (Fsp3) is 0.800. The van der Waals surface area contributed by atoms with Crippen LogP contribution in [-0.2, 0) is 4.74 Å². The Bertz CT molecular complexity index is 193. The predicted octanol–water partition coefficient (Wildman–Crippen LogP) is 0.444. The van der Waals surface area contributed by atoms with Crippen LogP contribution in [0.25, 0.3) is 0 Å². The molecule has 1 fully saturated rings. The van der Waals surface area contributed by atoms with E-state index in [-0.39, 0.29) is 12.1 Å². The molecule has 2 aliphatic rings. The molecule has 2 N–H and O–H groups in total. The van der Waals surface area contributed by atoms with Crippen molar-refractivity contribution in [3.63, 3.8) is 0 Å². The molecule has 2 rings (SSSR count). The Balaban J connectivity index is 1.82. The second kappa shape index (κ2) is 4.22. The number of allylic oxidation sites excluding steroid dienone is 1. The monoisotopic (exact) mass is 183 g/mol. The molecule has 3 heteroatoms. The van der Waals surface area contributed by atoms with E-state index in [1.165, 1.54) is 19.3 Å². The van der Waals surface area contributed by atoms with E-state index in [9.17, 15) is 5.11 Å². The van der Waals surface area contributed by atoms with E-state index in [0.29, 0.717) is 19.3 Å². The molecule has 1 aliphatic heterocycles. The van der Waals surface area contributed by atoms with Crippen LogP contribution in [0.5, 0.6) is 0 Å². The average molecular weight is 183 g/mol. The summed E-state index contributed by atoms with van der Waals surface area (Å²) in [6.07, 6.45) is 7.72. The average Bonchev–Trinajstić information content (AvgIpc) is 2.54. The zero-order valence-electron chi connectivity index (χ0n) is 7.78. The summed E-state index contributed by atoms with van der Waals surface area (Å²) in [5, 5.41) is 12.9. The smallest absolute Gasteiger partial charge is 0.0948 e. The molecule has 0 aromatic rings. The number of aliphatic hydroxyl groups excluding tert-OH is 1. The Morgan fingerprint density at radius 2 is 2.31 bits per heavy atom. The highest BCUT2D eigenvalue weighted by molar-refractivity contribution is 4.99. The molecule has 3 nitrogen and oxygen atoms in total. The molecule has 13 heavy (non-hydrogen) atoms. The van der Waals surface area contributed by atoms with Crippen molar-refractivity contribution in [3.05, 3.63) is 12.2 Å².